The predicted molar refractivity (Wildman–Crippen MR) is 50.6 cm³/mol. The predicted octanol–water partition coefficient (Wildman–Crippen LogP) is 4.29. The Morgan fingerprint density at radius 1 is 1.38 bits per heavy atom. The number of rotatable bonds is 4. The van der Waals surface area contributed by atoms with Crippen molar-refractivity contribution in [3.05, 3.63) is 23.8 Å². The van der Waals surface area contributed by atoms with E-state index in [9.17, 15) is 8.78 Å². The van der Waals surface area contributed by atoms with Gasteiger partial charge < -0.3 is 0 Å². The quantitative estimate of drug-likeness (QED) is 0.574. The van der Waals surface area contributed by atoms with E-state index < -0.39 is 5.83 Å². The summed E-state index contributed by atoms with van der Waals surface area (Å²) in [4.78, 5) is 0. The largest absolute Gasteiger partial charge is 0.212 e. The van der Waals surface area contributed by atoms with Crippen molar-refractivity contribution < 1.29 is 8.78 Å². The van der Waals surface area contributed by atoms with E-state index in [2.05, 4.69) is 6.92 Å². The molecule has 1 aliphatic rings. The number of hydrogen-bond acceptors (Lipinski definition) is 0. The Kier molecular flexibility index (Phi) is 4.13. The van der Waals surface area contributed by atoms with Crippen LogP contribution in [0.25, 0.3) is 0 Å². The molecule has 1 rings (SSSR count). The molecule has 0 N–H and O–H groups in total. The maximum Gasteiger partial charge on any atom is 0.122 e. The van der Waals surface area contributed by atoms with E-state index in [4.69, 9.17) is 0 Å². The second-order valence-electron chi connectivity index (χ2n) is 3.60. The van der Waals surface area contributed by atoms with Crippen LogP contribution in [0.3, 0.4) is 0 Å². The molecular formula is C11H16F2. The molecular weight excluding hydrogens is 170 g/mol. The molecule has 0 aromatic heterocycles. The van der Waals surface area contributed by atoms with Crippen LogP contribution in [-0.2, 0) is 0 Å². The molecule has 0 bridgehead atoms. The molecule has 0 aliphatic heterocycles. The third-order valence-electron chi connectivity index (χ3n) is 2.33. The van der Waals surface area contributed by atoms with Crippen LogP contribution in [0, 0.1) is 5.92 Å². The van der Waals surface area contributed by atoms with E-state index in [0.29, 0.717) is 6.42 Å². The zero-order chi connectivity index (χ0) is 9.68. The normalized spacial score (nSPS) is 22.5. The maximum atomic E-state index is 12.8. The van der Waals surface area contributed by atoms with Crippen LogP contribution in [0.5, 0.6) is 0 Å². The third kappa shape index (κ3) is 3.71. The lowest BCUT2D eigenvalue weighted by molar-refractivity contribution is 0.454. The highest BCUT2D eigenvalue weighted by atomic mass is 19.1. The molecule has 0 saturated heterocycles. The Morgan fingerprint density at radius 2 is 2.15 bits per heavy atom. The average molecular weight is 186 g/mol. The van der Waals surface area contributed by atoms with Crippen molar-refractivity contribution in [2.24, 2.45) is 5.92 Å². The van der Waals surface area contributed by atoms with E-state index in [1.54, 1.807) is 6.08 Å². The fraction of sp³-hybridized carbons (Fsp3) is 0.636. The van der Waals surface area contributed by atoms with E-state index in [0.717, 1.165) is 31.8 Å². The van der Waals surface area contributed by atoms with Crippen molar-refractivity contribution in [3.8, 4) is 0 Å². The van der Waals surface area contributed by atoms with Crippen LogP contribution in [0.1, 0.15) is 39.0 Å². The average Bonchev–Trinajstić information content (AvgIpc) is 2.03. The minimum atomic E-state index is -0.412. The summed E-state index contributed by atoms with van der Waals surface area (Å²) in [5.74, 6) is -0.650. The molecule has 74 valence electrons. The summed E-state index contributed by atoms with van der Waals surface area (Å²) in [6.45, 7) is 2.12. The first-order valence-corrected chi connectivity index (χ1v) is 4.95. The van der Waals surface area contributed by atoms with Gasteiger partial charge in [0.1, 0.15) is 11.7 Å². The van der Waals surface area contributed by atoms with E-state index in [1.165, 1.54) is 0 Å². The zero-order valence-corrected chi connectivity index (χ0v) is 8.02. The lowest BCUT2D eigenvalue weighted by atomic mass is 9.93. The number of unbranched alkanes of at least 4 members (excludes halogenated alkanes) is 2. The van der Waals surface area contributed by atoms with Gasteiger partial charge in [0, 0.05) is 12.5 Å². The van der Waals surface area contributed by atoms with Gasteiger partial charge in [-0.2, -0.15) is 0 Å². The van der Waals surface area contributed by atoms with Crippen molar-refractivity contribution in [3.63, 3.8) is 0 Å². The Labute approximate surface area is 78.3 Å². The molecule has 0 saturated carbocycles. The van der Waals surface area contributed by atoms with Gasteiger partial charge in [0.2, 0.25) is 0 Å². The van der Waals surface area contributed by atoms with Crippen LogP contribution in [0.15, 0.2) is 23.8 Å². The molecule has 1 atom stereocenters. The second kappa shape index (κ2) is 5.15. The number of hydrogen-bond donors (Lipinski definition) is 0. The van der Waals surface area contributed by atoms with Crippen LogP contribution in [0.2, 0.25) is 0 Å². The molecule has 0 aromatic rings. The highest BCUT2D eigenvalue weighted by Crippen LogP contribution is 2.27. The topological polar surface area (TPSA) is 0 Å². The molecule has 0 radical (unpaired) electrons. The number of allylic oxidation sites excluding steroid dienone is 4. The van der Waals surface area contributed by atoms with Crippen molar-refractivity contribution >= 4 is 0 Å². The minimum absolute atomic E-state index is 0.0801. The van der Waals surface area contributed by atoms with Crippen LogP contribution < -0.4 is 0 Å². The van der Waals surface area contributed by atoms with Crippen molar-refractivity contribution in [2.45, 2.75) is 39.0 Å². The zero-order valence-electron chi connectivity index (χ0n) is 8.02. The number of halogens is 2. The highest BCUT2D eigenvalue weighted by molar-refractivity contribution is 5.20. The summed E-state index contributed by atoms with van der Waals surface area (Å²) in [5.41, 5.74) is 0. The lowest BCUT2D eigenvalue weighted by Crippen LogP contribution is -2.01. The molecule has 0 nitrogen and oxygen atoms in total. The molecule has 0 heterocycles. The first kappa shape index (κ1) is 10.4. The van der Waals surface area contributed by atoms with Gasteiger partial charge in [-0.05, 0) is 18.4 Å². The molecule has 0 amide bonds. The molecule has 0 spiro atoms. The van der Waals surface area contributed by atoms with Gasteiger partial charge in [-0.3, -0.25) is 0 Å². The molecule has 2 heteroatoms. The van der Waals surface area contributed by atoms with E-state index in [-0.39, 0.29) is 11.7 Å². The van der Waals surface area contributed by atoms with E-state index in [1.807, 2.05) is 0 Å². The summed E-state index contributed by atoms with van der Waals surface area (Å²) in [6.07, 6.45) is 7.18. The SMILES string of the molecule is CCCCCC1C=C(F)C=C(F)C1. The molecule has 0 aromatic carbocycles. The monoisotopic (exact) mass is 186 g/mol. The van der Waals surface area contributed by atoms with Gasteiger partial charge in [-0.25, -0.2) is 8.78 Å². The van der Waals surface area contributed by atoms with E-state index >= 15 is 0 Å². The van der Waals surface area contributed by atoms with Crippen molar-refractivity contribution in [1.82, 2.24) is 0 Å². The Bertz CT molecular complexity index is 216. The van der Waals surface area contributed by atoms with Gasteiger partial charge in [-0.1, -0.05) is 26.2 Å². The summed E-state index contributed by atoms with van der Waals surface area (Å²) < 4.78 is 25.5. The van der Waals surface area contributed by atoms with Gasteiger partial charge in [-0.15, -0.1) is 0 Å². The van der Waals surface area contributed by atoms with Crippen LogP contribution >= 0.6 is 0 Å². The van der Waals surface area contributed by atoms with Gasteiger partial charge in [0.25, 0.3) is 0 Å². The summed E-state index contributed by atoms with van der Waals surface area (Å²) >= 11 is 0. The first-order chi connectivity index (χ1) is 6.22. The standard InChI is InChI=1S/C11H16F2/c1-2-3-4-5-9-6-10(12)8-11(13)7-9/h6,8-9H,2-5,7H2,1H3. The summed E-state index contributed by atoms with van der Waals surface area (Å²) in [7, 11) is 0. The fourth-order valence-corrected chi connectivity index (χ4v) is 1.63. The van der Waals surface area contributed by atoms with Crippen LogP contribution in [-0.4, -0.2) is 0 Å². The summed E-state index contributed by atoms with van der Waals surface area (Å²) in [5, 5.41) is 0. The van der Waals surface area contributed by atoms with Gasteiger partial charge >= 0.3 is 0 Å². The molecule has 0 fully saturated rings. The Balaban J connectivity index is 2.33. The fourth-order valence-electron chi connectivity index (χ4n) is 1.63. The molecule has 13 heavy (non-hydrogen) atoms. The smallest absolute Gasteiger partial charge is 0.122 e. The van der Waals surface area contributed by atoms with Crippen molar-refractivity contribution in [1.29, 1.82) is 0 Å². The summed E-state index contributed by atoms with van der Waals surface area (Å²) in [6, 6.07) is 0. The second-order valence-corrected chi connectivity index (χ2v) is 3.60. The molecule has 1 unspecified atom stereocenters. The first-order valence-electron chi connectivity index (χ1n) is 4.95. The molecule has 1 aliphatic carbocycles. The third-order valence-corrected chi connectivity index (χ3v) is 2.33. The van der Waals surface area contributed by atoms with Crippen molar-refractivity contribution in [2.75, 3.05) is 0 Å². The lowest BCUT2D eigenvalue weighted by Gasteiger charge is -2.14. The van der Waals surface area contributed by atoms with Crippen LogP contribution in [0.4, 0.5) is 8.78 Å². The minimum Gasteiger partial charge on any atom is -0.212 e. The maximum absolute atomic E-state index is 12.8. The Morgan fingerprint density at radius 3 is 2.77 bits per heavy atom. The van der Waals surface area contributed by atoms with Gasteiger partial charge in [0.15, 0.2) is 0 Å². The van der Waals surface area contributed by atoms with Gasteiger partial charge in [0.05, 0.1) is 0 Å². The highest BCUT2D eigenvalue weighted by Gasteiger charge is 2.14. The Hall–Kier alpha value is -0.660.